The average molecular weight is 216 g/mol. The molecule has 0 aliphatic carbocycles. The highest BCUT2D eigenvalue weighted by Gasteiger charge is 2.10. The number of anilines is 1. The van der Waals surface area contributed by atoms with Gasteiger partial charge < -0.3 is 15.5 Å². The Labute approximate surface area is 93.1 Å². The van der Waals surface area contributed by atoms with E-state index in [1.807, 2.05) is 30.3 Å². The number of primary amides is 1. The van der Waals surface area contributed by atoms with E-state index in [4.69, 9.17) is 10.2 Å². The monoisotopic (exact) mass is 216 g/mol. The Morgan fingerprint density at radius 2 is 2.00 bits per heavy atom. The van der Waals surface area contributed by atoms with Crippen LogP contribution in [0.2, 0.25) is 0 Å². The van der Waals surface area contributed by atoms with Crippen LogP contribution in [0, 0.1) is 0 Å². The first-order chi connectivity index (χ1) is 7.77. The summed E-state index contributed by atoms with van der Waals surface area (Å²) in [7, 11) is 0. The number of furan rings is 1. The second-order valence-corrected chi connectivity index (χ2v) is 3.37. The van der Waals surface area contributed by atoms with Crippen LogP contribution in [0.3, 0.4) is 0 Å². The number of hydrogen-bond acceptors (Lipinski definition) is 3. The molecule has 0 saturated heterocycles. The van der Waals surface area contributed by atoms with Crippen molar-refractivity contribution in [2.75, 3.05) is 5.32 Å². The molecule has 0 atom stereocenters. The lowest BCUT2D eigenvalue weighted by molar-refractivity contribution is 0.100. The third kappa shape index (κ3) is 2.23. The van der Waals surface area contributed by atoms with Gasteiger partial charge in [0.15, 0.2) is 0 Å². The number of amides is 1. The Kier molecular flexibility index (Phi) is 2.91. The lowest BCUT2D eigenvalue weighted by Gasteiger charge is -2.04. The molecule has 0 aliphatic heterocycles. The molecule has 1 aromatic heterocycles. The van der Waals surface area contributed by atoms with Crippen LogP contribution in [0.5, 0.6) is 0 Å². The molecule has 0 fully saturated rings. The summed E-state index contributed by atoms with van der Waals surface area (Å²) in [5.41, 5.74) is 6.67. The van der Waals surface area contributed by atoms with Gasteiger partial charge in [0.05, 0.1) is 6.26 Å². The maximum Gasteiger partial charge on any atom is 0.254 e. The zero-order valence-electron chi connectivity index (χ0n) is 8.64. The third-order valence-corrected chi connectivity index (χ3v) is 2.23. The zero-order chi connectivity index (χ0) is 11.4. The first kappa shape index (κ1) is 10.3. The van der Waals surface area contributed by atoms with E-state index in [1.165, 1.54) is 6.26 Å². The van der Waals surface area contributed by atoms with Crippen LogP contribution >= 0.6 is 0 Å². The SMILES string of the molecule is NC(=O)c1ccoc1NCc1ccccc1. The highest BCUT2D eigenvalue weighted by atomic mass is 16.3. The third-order valence-electron chi connectivity index (χ3n) is 2.23. The quantitative estimate of drug-likeness (QED) is 0.821. The molecule has 82 valence electrons. The number of nitrogens with one attached hydrogen (secondary N) is 1. The second-order valence-electron chi connectivity index (χ2n) is 3.37. The smallest absolute Gasteiger partial charge is 0.254 e. The molecule has 0 saturated carbocycles. The van der Waals surface area contributed by atoms with Gasteiger partial charge in [0.1, 0.15) is 5.56 Å². The van der Waals surface area contributed by atoms with Gasteiger partial charge in [0.25, 0.3) is 5.91 Å². The maximum absolute atomic E-state index is 11.0. The molecule has 0 bridgehead atoms. The van der Waals surface area contributed by atoms with Gasteiger partial charge in [-0.25, -0.2) is 0 Å². The number of carbonyl (C=O) groups excluding carboxylic acids is 1. The van der Waals surface area contributed by atoms with Crippen LogP contribution in [0.15, 0.2) is 47.1 Å². The Balaban J connectivity index is 2.05. The van der Waals surface area contributed by atoms with E-state index in [2.05, 4.69) is 5.32 Å². The summed E-state index contributed by atoms with van der Waals surface area (Å²) in [4.78, 5) is 11.0. The lowest BCUT2D eigenvalue weighted by atomic mass is 10.2. The molecule has 3 N–H and O–H groups in total. The van der Waals surface area contributed by atoms with Gasteiger partial charge in [-0.05, 0) is 11.6 Å². The van der Waals surface area contributed by atoms with Gasteiger partial charge in [0.2, 0.25) is 5.88 Å². The molecule has 0 unspecified atom stereocenters. The molecule has 16 heavy (non-hydrogen) atoms. The fraction of sp³-hybridized carbons (Fsp3) is 0.0833. The minimum atomic E-state index is -0.496. The summed E-state index contributed by atoms with van der Waals surface area (Å²) in [5, 5.41) is 3.02. The van der Waals surface area contributed by atoms with Crippen molar-refractivity contribution in [2.45, 2.75) is 6.54 Å². The summed E-state index contributed by atoms with van der Waals surface area (Å²) in [6.07, 6.45) is 1.44. The van der Waals surface area contributed by atoms with E-state index in [0.717, 1.165) is 5.56 Å². The van der Waals surface area contributed by atoms with Crippen molar-refractivity contribution in [2.24, 2.45) is 5.73 Å². The molecule has 0 spiro atoms. The minimum absolute atomic E-state index is 0.371. The first-order valence-corrected chi connectivity index (χ1v) is 4.92. The van der Waals surface area contributed by atoms with E-state index in [0.29, 0.717) is 18.0 Å². The summed E-state index contributed by atoms with van der Waals surface area (Å²) in [6, 6.07) is 11.4. The molecular formula is C12H12N2O2. The van der Waals surface area contributed by atoms with Gasteiger partial charge in [-0.2, -0.15) is 0 Å². The minimum Gasteiger partial charge on any atom is -0.448 e. The summed E-state index contributed by atoms with van der Waals surface area (Å²) in [6.45, 7) is 0.592. The fourth-order valence-corrected chi connectivity index (χ4v) is 1.42. The van der Waals surface area contributed by atoms with Crippen molar-refractivity contribution in [1.82, 2.24) is 0 Å². The van der Waals surface area contributed by atoms with E-state index in [9.17, 15) is 4.79 Å². The van der Waals surface area contributed by atoms with Gasteiger partial charge >= 0.3 is 0 Å². The van der Waals surface area contributed by atoms with Crippen molar-refractivity contribution in [3.8, 4) is 0 Å². The molecular weight excluding hydrogens is 204 g/mol. The molecule has 2 rings (SSSR count). The van der Waals surface area contributed by atoms with Crippen LogP contribution in [-0.2, 0) is 6.54 Å². The van der Waals surface area contributed by atoms with E-state index in [1.54, 1.807) is 6.07 Å². The molecule has 1 amide bonds. The lowest BCUT2D eigenvalue weighted by Crippen LogP contribution is -2.12. The summed E-state index contributed by atoms with van der Waals surface area (Å²) in [5.74, 6) is -0.0827. The fourth-order valence-electron chi connectivity index (χ4n) is 1.42. The average Bonchev–Trinajstić information content (AvgIpc) is 2.76. The highest BCUT2D eigenvalue weighted by Crippen LogP contribution is 2.16. The van der Waals surface area contributed by atoms with Crippen molar-refractivity contribution in [1.29, 1.82) is 0 Å². The van der Waals surface area contributed by atoms with Crippen molar-refractivity contribution < 1.29 is 9.21 Å². The largest absolute Gasteiger partial charge is 0.448 e. The Bertz CT molecular complexity index is 477. The van der Waals surface area contributed by atoms with Crippen LogP contribution < -0.4 is 11.1 Å². The zero-order valence-corrected chi connectivity index (χ0v) is 8.64. The number of nitrogens with two attached hydrogens (primary N) is 1. The van der Waals surface area contributed by atoms with Crippen LogP contribution in [0.25, 0.3) is 0 Å². The number of carbonyl (C=O) groups is 1. The van der Waals surface area contributed by atoms with E-state index < -0.39 is 5.91 Å². The van der Waals surface area contributed by atoms with Crippen LogP contribution in [0.1, 0.15) is 15.9 Å². The second kappa shape index (κ2) is 4.53. The topological polar surface area (TPSA) is 68.3 Å². The molecule has 0 aliphatic rings. The Morgan fingerprint density at radius 1 is 1.25 bits per heavy atom. The number of rotatable bonds is 4. The Morgan fingerprint density at radius 3 is 2.69 bits per heavy atom. The maximum atomic E-state index is 11.0. The summed E-state index contributed by atoms with van der Waals surface area (Å²) < 4.78 is 5.14. The predicted octanol–water partition coefficient (Wildman–Crippen LogP) is 1.99. The number of hydrogen-bond donors (Lipinski definition) is 2. The molecule has 1 aromatic carbocycles. The highest BCUT2D eigenvalue weighted by molar-refractivity contribution is 5.97. The van der Waals surface area contributed by atoms with Gasteiger partial charge in [-0.1, -0.05) is 30.3 Å². The van der Waals surface area contributed by atoms with E-state index >= 15 is 0 Å². The first-order valence-electron chi connectivity index (χ1n) is 4.92. The van der Waals surface area contributed by atoms with Gasteiger partial charge in [-0.3, -0.25) is 4.79 Å². The van der Waals surface area contributed by atoms with Gasteiger partial charge in [0, 0.05) is 6.54 Å². The molecule has 0 radical (unpaired) electrons. The standard InChI is InChI=1S/C12H12N2O2/c13-11(15)10-6-7-16-12(10)14-8-9-4-2-1-3-5-9/h1-7,14H,8H2,(H2,13,15). The summed E-state index contributed by atoms with van der Waals surface area (Å²) >= 11 is 0. The molecule has 1 heterocycles. The Hall–Kier alpha value is -2.23. The van der Waals surface area contributed by atoms with E-state index in [-0.39, 0.29) is 0 Å². The predicted molar refractivity (Wildman–Crippen MR) is 61.0 cm³/mol. The van der Waals surface area contributed by atoms with Crippen molar-refractivity contribution in [3.63, 3.8) is 0 Å². The molecule has 2 aromatic rings. The normalized spacial score (nSPS) is 10.0. The molecule has 4 heteroatoms. The molecule has 4 nitrogen and oxygen atoms in total. The van der Waals surface area contributed by atoms with Gasteiger partial charge in [-0.15, -0.1) is 0 Å². The van der Waals surface area contributed by atoms with Crippen molar-refractivity contribution >= 4 is 11.8 Å². The van der Waals surface area contributed by atoms with Crippen LogP contribution in [0.4, 0.5) is 5.88 Å². The van der Waals surface area contributed by atoms with Crippen molar-refractivity contribution in [3.05, 3.63) is 53.8 Å². The number of benzene rings is 1. The van der Waals surface area contributed by atoms with Crippen LogP contribution in [-0.4, -0.2) is 5.91 Å².